The fourth-order valence-electron chi connectivity index (χ4n) is 1.53. The van der Waals surface area contributed by atoms with Crippen LogP contribution >= 0.6 is 0 Å². The van der Waals surface area contributed by atoms with Gasteiger partial charge in [-0.25, -0.2) is 9.97 Å². The SMILES string of the molecule is Cc1nc(C(C)C)cc(N(C)C[C@@H](O)CO)n1. The van der Waals surface area contributed by atoms with Gasteiger partial charge in [0.1, 0.15) is 11.6 Å². The zero-order valence-corrected chi connectivity index (χ0v) is 10.9. The van der Waals surface area contributed by atoms with E-state index in [9.17, 15) is 5.11 Å². The molecule has 0 spiro atoms. The quantitative estimate of drug-likeness (QED) is 0.791. The third-order valence-corrected chi connectivity index (χ3v) is 2.52. The molecule has 1 aromatic rings. The highest BCUT2D eigenvalue weighted by atomic mass is 16.3. The van der Waals surface area contributed by atoms with Gasteiger partial charge in [0.2, 0.25) is 0 Å². The molecule has 0 amide bonds. The summed E-state index contributed by atoms with van der Waals surface area (Å²) in [6, 6.07) is 1.92. The molecule has 1 atom stereocenters. The van der Waals surface area contributed by atoms with Gasteiger partial charge in [-0.1, -0.05) is 13.8 Å². The van der Waals surface area contributed by atoms with Crippen LogP contribution in [0.5, 0.6) is 0 Å². The van der Waals surface area contributed by atoms with Crippen LogP contribution in [0.1, 0.15) is 31.3 Å². The molecule has 0 aliphatic heterocycles. The first-order valence-corrected chi connectivity index (χ1v) is 5.79. The first-order valence-electron chi connectivity index (χ1n) is 5.79. The number of aliphatic hydroxyl groups excluding tert-OH is 2. The number of hydrogen-bond donors (Lipinski definition) is 2. The van der Waals surface area contributed by atoms with Crippen LogP contribution in [-0.4, -0.2) is 46.5 Å². The second-order valence-electron chi connectivity index (χ2n) is 4.57. The van der Waals surface area contributed by atoms with Crippen molar-refractivity contribution < 1.29 is 10.2 Å². The highest BCUT2D eigenvalue weighted by Crippen LogP contribution is 2.17. The van der Waals surface area contributed by atoms with Crippen molar-refractivity contribution in [2.75, 3.05) is 25.1 Å². The number of aliphatic hydroxyl groups is 2. The molecule has 17 heavy (non-hydrogen) atoms. The van der Waals surface area contributed by atoms with E-state index in [-0.39, 0.29) is 6.61 Å². The first kappa shape index (κ1) is 13.9. The van der Waals surface area contributed by atoms with Gasteiger partial charge in [-0.3, -0.25) is 0 Å². The maximum atomic E-state index is 9.40. The summed E-state index contributed by atoms with van der Waals surface area (Å²) in [5, 5.41) is 18.2. The Labute approximate surface area is 102 Å². The molecule has 1 rings (SSSR count). The van der Waals surface area contributed by atoms with Gasteiger partial charge in [0.15, 0.2) is 0 Å². The summed E-state index contributed by atoms with van der Waals surface area (Å²) in [6.45, 7) is 6.11. The first-order chi connectivity index (χ1) is 7.93. The number of aryl methyl sites for hydroxylation is 1. The lowest BCUT2D eigenvalue weighted by molar-refractivity contribution is 0.101. The molecule has 0 unspecified atom stereocenters. The van der Waals surface area contributed by atoms with Gasteiger partial charge in [0, 0.05) is 25.4 Å². The van der Waals surface area contributed by atoms with E-state index in [1.54, 1.807) is 0 Å². The Bertz CT molecular complexity index is 369. The Balaban J connectivity index is 2.89. The van der Waals surface area contributed by atoms with Crippen molar-refractivity contribution in [3.8, 4) is 0 Å². The molecule has 0 bridgehead atoms. The van der Waals surface area contributed by atoms with Crippen LogP contribution in [0.25, 0.3) is 0 Å². The summed E-state index contributed by atoms with van der Waals surface area (Å²) < 4.78 is 0. The number of aromatic nitrogens is 2. The molecule has 0 aromatic carbocycles. The lowest BCUT2D eigenvalue weighted by atomic mass is 10.1. The van der Waals surface area contributed by atoms with Crippen LogP contribution in [0.4, 0.5) is 5.82 Å². The average molecular weight is 239 g/mol. The van der Waals surface area contributed by atoms with E-state index in [1.807, 2.05) is 24.9 Å². The van der Waals surface area contributed by atoms with Crippen LogP contribution in [0, 0.1) is 6.92 Å². The van der Waals surface area contributed by atoms with E-state index in [1.165, 1.54) is 0 Å². The Kier molecular flexibility index (Phi) is 4.84. The van der Waals surface area contributed by atoms with Crippen LogP contribution in [0.3, 0.4) is 0 Å². The third-order valence-electron chi connectivity index (χ3n) is 2.52. The zero-order chi connectivity index (χ0) is 13.0. The summed E-state index contributed by atoms with van der Waals surface area (Å²) >= 11 is 0. The zero-order valence-electron chi connectivity index (χ0n) is 10.9. The van der Waals surface area contributed by atoms with Crippen molar-refractivity contribution in [1.29, 1.82) is 0 Å². The van der Waals surface area contributed by atoms with Crippen molar-refractivity contribution in [1.82, 2.24) is 9.97 Å². The molecule has 1 aromatic heterocycles. The van der Waals surface area contributed by atoms with E-state index in [4.69, 9.17) is 5.11 Å². The molecule has 1 heterocycles. The van der Waals surface area contributed by atoms with Gasteiger partial charge in [0.05, 0.1) is 12.7 Å². The molecule has 5 heteroatoms. The van der Waals surface area contributed by atoms with E-state index in [0.29, 0.717) is 12.5 Å². The Morgan fingerprint density at radius 1 is 1.35 bits per heavy atom. The molecule has 0 saturated heterocycles. The van der Waals surface area contributed by atoms with Gasteiger partial charge in [-0.2, -0.15) is 0 Å². The molecule has 5 nitrogen and oxygen atoms in total. The van der Waals surface area contributed by atoms with Crippen molar-refractivity contribution in [3.05, 3.63) is 17.6 Å². The van der Waals surface area contributed by atoms with E-state index in [0.717, 1.165) is 17.3 Å². The van der Waals surface area contributed by atoms with Gasteiger partial charge in [-0.05, 0) is 12.8 Å². The fraction of sp³-hybridized carbons (Fsp3) is 0.667. The van der Waals surface area contributed by atoms with Crippen LogP contribution in [0.15, 0.2) is 6.07 Å². The minimum absolute atomic E-state index is 0.245. The molecule has 2 N–H and O–H groups in total. The summed E-state index contributed by atoms with van der Waals surface area (Å²) in [4.78, 5) is 10.5. The Hall–Kier alpha value is -1.20. The minimum Gasteiger partial charge on any atom is -0.394 e. The van der Waals surface area contributed by atoms with Gasteiger partial charge in [-0.15, -0.1) is 0 Å². The Morgan fingerprint density at radius 2 is 2.00 bits per heavy atom. The second kappa shape index (κ2) is 5.93. The van der Waals surface area contributed by atoms with Crippen LogP contribution in [-0.2, 0) is 0 Å². The molecule has 0 saturated carbocycles. The molecule has 0 fully saturated rings. The molecular weight excluding hydrogens is 218 g/mol. The molecule has 96 valence electrons. The predicted molar refractivity (Wildman–Crippen MR) is 67.2 cm³/mol. The monoisotopic (exact) mass is 239 g/mol. The topological polar surface area (TPSA) is 69.5 Å². The van der Waals surface area contributed by atoms with Crippen molar-refractivity contribution >= 4 is 5.82 Å². The number of likely N-dealkylation sites (N-methyl/N-ethyl adjacent to an activating group) is 1. The number of anilines is 1. The highest BCUT2D eigenvalue weighted by molar-refractivity contribution is 5.39. The lowest BCUT2D eigenvalue weighted by Crippen LogP contribution is -2.32. The minimum atomic E-state index is -0.752. The molecule has 0 aliphatic carbocycles. The second-order valence-corrected chi connectivity index (χ2v) is 4.57. The summed E-state index contributed by atoms with van der Waals surface area (Å²) in [6.07, 6.45) is -0.752. The number of nitrogens with zero attached hydrogens (tertiary/aromatic N) is 3. The number of rotatable bonds is 5. The fourth-order valence-corrected chi connectivity index (χ4v) is 1.53. The van der Waals surface area contributed by atoms with Crippen molar-refractivity contribution in [3.63, 3.8) is 0 Å². The normalized spacial score (nSPS) is 12.9. The highest BCUT2D eigenvalue weighted by Gasteiger charge is 2.12. The largest absolute Gasteiger partial charge is 0.394 e. The summed E-state index contributed by atoms with van der Waals surface area (Å²) in [5.41, 5.74) is 0.984. The maximum absolute atomic E-state index is 9.40. The van der Waals surface area contributed by atoms with Gasteiger partial charge < -0.3 is 15.1 Å². The number of hydrogen-bond acceptors (Lipinski definition) is 5. The van der Waals surface area contributed by atoms with Crippen LogP contribution < -0.4 is 4.90 Å². The van der Waals surface area contributed by atoms with E-state index >= 15 is 0 Å². The van der Waals surface area contributed by atoms with Crippen molar-refractivity contribution in [2.24, 2.45) is 0 Å². The van der Waals surface area contributed by atoms with Crippen LogP contribution in [0.2, 0.25) is 0 Å². The summed E-state index contributed by atoms with van der Waals surface area (Å²) in [7, 11) is 1.84. The van der Waals surface area contributed by atoms with E-state index < -0.39 is 6.10 Å². The molecule has 0 aliphatic rings. The van der Waals surface area contributed by atoms with E-state index in [2.05, 4.69) is 23.8 Å². The smallest absolute Gasteiger partial charge is 0.132 e. The Morgan fingerprint density at radius 3 is 2.53 bits per heavy atom. The van der Waals surface area contributed by atoms with Crippen molar-refractivity contribution in [2.45, 2.75) is 32.8 Å². The third kappa shape index (κ3) is 3.94. The van der Waals surface area contributed by atoms with Gasteiger partial charge in [0.25, 0.3) is 0 Å². The van der Waals surface area contributed by atoms with Gasteiger partial charge >= 0.3 is 0 Å². The average Bonchev–Trinajstić information content (AvgIpc) is 2.27. The molecular formula is C12H21N3O2. The maximum Gasteiger partial charge on any atom is 0.132 e. The standard InChI is InChI=1S/C12H21N3O2/c1-8(2)11-5-12(14-9(3)13-11)15(4)6-10(17)7-16/h5,8,10,16-17H,6-7H2,1-4H3/t10-/m1/s1. The molecule has 0 radical (unpaired) electrons. The summed E-state index contributed by atoms with van der Waals surface area (Å²) in [5.74, 6) is 1.83. The predicted octanol–water partition coefficient (Wildman–Crippen LogP) is 0.698. The lowest BCUT2D eigenvalue weighted by Gasteiger charge is -2.21.